The molecule has 0 bridgehead atoms. The monoisotopic (exact) mass is 355 g/mol. The maximum absolute atomic E-state index is 12.0. The van der Waals surface area contributed by atoms with Gasteiger partial charge in [-0.25, -0.2) is 14.4 Å². The summed E-state index contributed by atoms with van der Waals surface area (Å²) in [7, 11) is 2.24. The number of carbonyl (C=O) groups excluding carboxylic acids is 3. The van der Waals surface area contributed by atoms with Gasteiger partial charge in [-0.2, -0.15) is 0 Å². The van der Waals surface area contributed by atoms with Crippen LogP contribution < -0.4 is 5.73 Å². The molecule has 0 spiro atoms. The molecule has 1 atom stereocenters. The smallest absolute Gasteiger partial charge is 0.415 e. The van der Waals surface area contributed by atoms with Gasteiger partial charge >= 0.3 is 18.0 Å². The first-order valence-corrected chi connectivity index (χ1v) is 7.32. The van der Waals surface area contributed by atoms with Crippen molar-refractivity contribution in [2.45, 2.75) is 25.8 Å². The molecule has 1 fully saturated rings. The van der Waals surface area contributed by atoms with Crippen molar-refractivity contribution in [3.8, 4) is 0 Å². The average molecular weight is 355 g/mol. The van der Waals surface area contributed by atoms with E-state index in [-0.39, 0.29) is 11.6 Å². The molecule has 10 heteroatoms. The number of allylic oxidation sites excluding steroid dienone is 1. The number of carbonyl (C=O) groups is 3. The molecule has 10 nitrogen and oxygen atoms in total. The molecule has 1 aliphatic heterocycles. The van der Waals surface area contributed by atoms with Crippen LogP contribution >= 0.6 is 0 Å². The van der Waals surface area contributed by atoms with Crippen molar-refractivity contribution in [1.82, 2.24) is 4.90 Å². The van der Waals surface area contributed by atoms with Crippen LogP contribution in [-0.4, -0.2) is 55.6 Å². The molecule has 0 radical (unpaired) electrons. The van der Waals surface area contributed by atoms with Gasteiger partial charge in [-0.05, 0) is 19.8 Å². The fourth-order valence-electron chi connectivity index (χ4n) is 2.05. The van der Waals surface area contributed by atoms with E-state index >= 15 is 0 Å². The van der Waals surface area contributed by atoms with E-state index in [1.807, 2.05) is 0 Å². The first-order chi connectivity index (χ1) is 11.8. The van der Waals surface area contributed by atoms with E-state index < -0.39 is 29.8 Å². The summed E-state index contributed by atoms with van der Waals surface area (Å²) < 4.78 is 13.8. The van der Waals surface area contributed by atoms with E-state index in [4.69, 9.17) is 15.3 Å². The van der Waals surface area contributed by atoms with Crippen LogP contribution in [0.1, 0.15) is 19.8 Å². The Morgan fingerprint density at radius 3 is 2.52 bits per heavy atom. The Hall–Kier alpha value is -3.04. The van der Waals surface area contributed by atoms with Crippen molar-refractivity contribution < 1.29 is 33.4 Å². The number of oxime groups is 1. The Morgan fingerprint density at radius 1 is 1.28 bits per heavy atom. The summed E-state index contributed by atoms with van der Waals surface area (Å²) in [5.74, 6) is -2.09. The molecule has 1 amide bonds. The lowest BCUT2D eigenvalue weighted by Gasteiger charge is -2.22. The lowest BCUT2D eigenvalue weighted by Crippen LogP contribution is -2.44. The zero-order valence-corrected chi connectivity index (χ0v) is 14.3. The van der Waals surface area contributed by atoms with Gasteiger partial charge < -0.3 is 24.8 Å². The Morgan fingerprint density at radius 2 is 1.96 bits per heavy atom. The van der Waals surface area contributed by atoms with E-state index in [9.17, 15) is 14.4 Å². The fourth-order valence-corrected chi connectivity index (χ4v) is 2.05. The van der Waals surface area contributed by atoms with Gasteiger partial charge in [0.1, 0.15) is 0 Å². The van der Waals surface area contributed by atoms with Crippen molar-refractivity contribution in [2.24, 2.45) is 10.9 Å². The molecule has 1 saturated heterocycles. The number of amides is 1. The third-order valence-corrected chi connectivity index (χ3v) is 3.18. The van der Waals surface area contributed by atoms with E-state index in [0.717, 1.165) is 20.3 Å². The molecule has 1 rings (SSSR count). The molecule has 138 valence electrons. The normalized spacial score (nSPS) is 17.7. The van der Waals surface area contributed by atoms with Crippen LogP contribution in [-0.2, 0) is 28.6 Å². The lowest BCUT2D eigenvalue weighted by molar-refractivity contribution is -0.142. The molecule has 0 unspecified atom stereocenters. The predicted octanol–water partition coefficient (Wildman–Crippen LogP) is 0.640. The summed E-state index contributed by atoms with van der Waals surface area (Å²) in [4.78, 5) is 41.1. The molecule has 1 heterocycles. The molecule has 0 aromatic heterocycles. The highest BCUT2D eigenvalue weighted by atomic mass is 16.7. The summed E-state index contributed by atoms with van der Waals surface area (Å²) in [6.07, 6.45) is 1.39. The second kappa shape index (κ2) is 9.30. The summed E-state index contributed by atoms with van der Waals surface area (Å²) >= 11 is 0. The van der Waals surface area contributed by atoms with Gasteiger partial charge in [-0.1, -0.05) is 11.7 Å². The van der Waals surface area contributed by atoms with Crippen molar-refractivity contribution in [1.29, 1.82) is 0 Å². The topological polar surface area (TPSA) is 130 Å². The van der Waals surface area contributed by atoms with Gasteiger partial charge in [0, 0.05) is 6.54 Å². The van der Waals surface area contributed by atoms with Crippen LogP contribution in [0.4, 0.5) is 4.79 Å². The number of hydrogen-bond donors (Lipinski definition) is 1. The van der Waals surface area contributed by atoms with Gasteiger partial charge in [0.05, 0.1) is 32.1 Å². The van der Waals surface area contributed by atoms with E-state index in [0.29, 0.717) is 19.4 Å². The van der Waals surface area contributed by atoms with Gasteiger partial charge in [-0.15, -0.1) is 0 Å². The first-order valence-electron chi connectivity index (χ1n) is 7.32. The quantitative estimate of drug-likeness (QED) is 0.140. The molecule has 0 aromatic rings. The molecule has 0 aromatic carbocycles. The van der Waals surface area contributed by atoms with Gasteiger partial charge in [0.25, 0.3) is 0 Å². The molecular weight excluding hydrogens is 334 g/mol. The van der Waals surface area contributed by atoms with Crippen LogP contribution in [0.2, 0.25) is 0 Å². The summed E-state index contributed by atoms with van der Waals surface area (Å²) in [5.41, 5.74) is 5.85. The van der Waals surface area contributed by atoms with Gasteiger partial charge in [-0.3, -0.25) is 4.90 Å². The van der Waals surface area contributed by atoms with Crippen LogP contribution in [0.15, 0.2) is 29.3 Å². The van der Waals surface area contributed by atoms with Crippen molar-refractivity contribution >= 4 is 23.9 Å². The number of nitrogens with zero attached hydrogens (tertiary/aromatic N) is 2. The Kier molecular flexibility index (Phi) is 7.44. The SMILES string of the molecule is C=C(C)OC(=O)N1CCC[C@H]1C(N)=NO/C(=C/C(=O)OC)C(=O)OC. The molecule has 25 heavy (non-hydrogen) atoms. The summed E-state index contributed by atoms with van der Waals surface area (Å²) in [6.45, 7) is 5.47. The number of rotatable bonds is 6. The van der Waals surface area contributed by atoms with Gasteiger partial charge in [0.15, 0.2) is 5.84 Å². The number of hydrogen-bond acceptors (Lipinski definition) is 8. The minimum Gasteiger partial charge on any atom is -0.466 e. The van der Waals surface area contributed by atoms with E-state index in [1.54, 1.807) is 6.92 Å². The second-order valence-electron chi connectivity index (χ2n) is 5.05. The number of nitrogens with two attached hydrogens (primary N) is 1. The average Bonchev–Trinajstić information content (AvgIpc) is 3.06. The summed E-state index contributed by atoms with van der Waals surface area (Å²) in [6, 6.07) is -0.566. The minimum atomic E-state index is -0.938. The van der Waals surface area contributed by atoms with Crippen molar-refractivity contribution in [3.05, 3.63) is 24.2 Å². The predicted molar refractivity (Wildman–Crippen MR) is 85.8 cm³/mol. The zero-order chi connectivity index (χ0) is 19.0. The van der Waals surface area contributed by atoms with Crippen LogP contribution in [0.5, 0.6) is 0 Å². The molecular formula is C15H21N3O7. The minimum absolute atomic E-state index is 0.0594. The molecule has 0 aliphatic carbocycles. The zero-order valence-electron chi connectivity index (χ0n) is 14.3. The highest BCUT2D eigenvalue weighted by Gasteiger charge is 2.33. The Labute approximate surface area is 144 Å². The highest BCUT2D eigenvalue weighted by Crippen LogP contribution is 2.19. The standard InChI is InChI=1S/C15H21N3O7/c1-9(2)24-15(21)18-7-5-6-10(18)13(16)17-25-11(14(20)23-4)8-12(19)22-3/h8,10H,1,5-7H2,2-4H3,(H2,16,17)/b11-8+/t10-/m0/s1. The number of methoxy groups -OCH3 is 2. The van der Waals surface area contributed by atoms with E-state index in [1.165, 1.54) is 4.90 Å². The largest absolute Gasteiger partial charge is 0.466 e. The third kappa shape index (κ3) is 5.83. The summed E-state index contributed by atoms with van der Waals surface area (Å²) in [5, 5.41) is 3.62. The first kappa shape index (κ1) is 20.0. The van der Waals surface area contributed by atoms with Crippen molar-refractivity contribution in [2.75, 3.05) is 20.8 Å². The number of likely N-dealkylation sites (tertiary alicyclic amines) is 1. The van der Waals surface area contributed by atoms with Crippen LogP contribution in [0, 0.1) is 0 Å². The van der Waals surface area contributed by atoms with Crippen LogP contribution in [0.25, 0.3) is 0 Å². The van der Waals surface area contributed by atoms with E-state index in [2.05, 4.69) is 21.2 Å². The Balaban J connectivity index is 2.88. The van der Waals surface area contributed by atoms with Crippen LogP contribution in [0.3, 0.4) is 0 Å². The molecule has 2 N–H and O–H groups in total. The lowest BCUT2D eigenvalue weighted by atomic mass is 10.2. The number of ether oxygens (including phenoxy) is 3. The van der Waals surface area contributed by atoms with Gasteiger partial charge in [0.2, 0.25) is 5.76 Å². The second-order valence-corrected chi connectivity index (χ2v) is 5.05. The molecule has 0 saturated carbocycles. The van der Waals surface area contributed by atoms with Crippen molar-refractivity contribution in [3.63, 3.8) is 0 Å². The molecule has 1 aliphatic rings. The third-order valence-electron chi connectivity index (χ3n) is 3.18. The number of amidine groups is 1. The number of esters is 2. The maximum Gasteiger partial charge on any atom is 0.415 e. The maximum atomic E-state index is 12.0. The Bertz CT molecular complexity index is 612. The highest BCUT2D eigenvalue weighted by molar-refractivity contribution is 5.95. The fraction of sp³-hybridized carbons (Fsp3) is 0.467.